The van der Waals surface area contributed by atoms with Crippen LogP contribution in [0.1, 0.15) is 72.4 Å². The Kier molecular flexibility index (Phi) is 7.99. The van der Waals surface area contributed by atoms with Crippen LogP contribution in [0.2, 0.25) is 5.02 Å². The summed E-state index contributed by atoms with van der Waals surface area (Å²) in [5.41, 5.74) is 1.08. The number of esters is 2. The van der Waals surface area contributed by atoms with Gasteiger partial charge in [-0.25, -0.2) is 28.5 Å². The summed E-state index contributed by atoms with van der Waals surface area (Å²) in [4.78, 5) is 43.8. The standard InChI is InChI=1S/C30H28ClF2N5O4S/c1-41-28(39)20-23(37-26(27-34-11-12-43-27)38-24(20)18-7-8-19(32)22(33)21(18)31)15-3-5-16(6-4-15)25-35-13-17(14-36-25)30(9-10-30)29(40)42-2/h7-8,11-16,24H,3-6,9-10H2,1-2H3,(H,37,38). The van der Waals surface area contributed by atoms with E-state index in [9.17, 15) is 18.4 Å². The fourth-order valence-electron chi connectivity index (χ4n) is 6.02. The second-order valence-corrected chi connectivity index (χ2v) is 12.2. The Morgan fingerprint density at radius 2 is 1.72 bits per heavy atom. The molecule has 1 N–H and O–H groups in total. The van der Waals surface area contributed by atoms with Gasteiger partial charge in [0.25, 0.3) is 0 Å². The van der Waals surface area contributed by atoms with Crippen LogP contribution in [-0.4, -0.2) is 46.9 Å². The van der Waals surface area contributed by atoms with E-state index in [1.54, 1.807) is 24.0 Å². The Balaban J connectivity index is 1.30. The maximum absolute atomic E-state index is 14.6. The minimum Gasteiger partial charge on any atom is -0.468 e. The van der Waals surface area contributed by atoms with E-state index in [1.807, 2.05) is 0 Å². The molecule has 13 heteroatoms. The first-order valence-corrected chi connectivity index (χ1v) is 15.1. The van der Waals surface area contributed by atoms with E-state index in [0.29, 0.717) is 35.2 Å². The highest BCUT2D eigenvalue weighted by Gasteiger charge is 2.53. The van der Waals surface area contributed by atoms with Gasteiger partial charge in [0.2, 0.25) is 0 Å². The molecule has 1 aliphatic heterocycles. The van der Waals surface area contributed by atoms with Crippen molar-refractivity contribution >= 4 is 40.7 Å². The predicted molar refractivity (Wildman–Crippen MR) is 155 cm³/mol. The highest BCUT2D eigenvalue weighted by atomic mass is 35.5. The molecular formula is C30H28ClF2N5O4S. The molecular weight excluding hydrogens is 600 g/mol. The fourth-order valence-corrected chi connectivity index (χ4v) is 6.86. The summed E-state index contributed by atoms with van der Waals surface area (Å²) < 4.78 is 38.7. The van der Waals surface area contributed by atoms with Crippen molar-refractivity contribution in [3.8, 4) is 0 Å². The number of nitrogens with zero attached hydrogens (tertiary/aromatic N) is 4. The van der Waals surface area contributed by atoms with Crippen molar-refractivity contribution in [1.29, 1.82) is 0 Å². The number of methoxy groups -OCH3 is 2. The number of hydrogen-bond donors (Lipinski definition) is 1. The van der Waals surface area contributed by atoms with Gasteiger partial charge in [-0.05, 0) is 50.5 Å². The summed E-state index contributed by atoms with van der Waals surface area (Å²) in [6, 6.07) is 1.27. The molecule has 9 nitrogen and oxygen atoms in total. The number of aliphatic imine (C=N–C) groups is 1. The second kappa shape index (κ2) is 11.7. The summed E-state index contributed by atoms with van der Waals surface area (Å²) in [5, 5.41) is 5.26. The van der Waals surface area contributed by atoms with Crippen LogP contribution < -0.4 is 5.32 Å². The molecule has 3 aliphatic rings. The third-order valence-corrected chi connectivity index (χ3v) is 9.69. The number of amidine groups is 1. The van der Waals surface area contributed by atoms with Crippen molar-refractivity contribution in [2.75, 3.05) is 14.2 Å². The summed E-state index contributed by atoms with van der Waals surface area (Å²) in [5.74, 6) is -2.11. The Morgan fingerprint density at radius 1 is 1.02 bits per heavy atom. The quantitative estimate of drug-likeness (QED) is 0.267. The molecule has 1 aromatic carbocycles. The van der Waals surface area contributed by atoms with E-state index < -0.39 is 34.1 Å². The molecule has 2 aliphatic carbocycles. The Labute approximate surface area is 255 Å². The van der Waals surface area contributed by atoms with Gasteiger partial charge in [0.1, 0.15) is 11.9 Å². The summed E-state index contributed by atoms with van der Waals surface area (Å²) in [7, 11) is 2.65. The number of ether oxygens (including phenoxy) is 2. The predicted octanol–water partition coefficient (Wildman–Crippen LogP) is 5.56. The van der Waals surface area contributed by atoms with Gasteiger partial charge in [-0.3, -0.25) is 9.79 Å². The average molecular weight is 628 g/mol. The van der Waals surface area contributed by atoms with Crippen LogP contribution in [-0.2, 0) is 24.5 Å². The van der Waals surface area contributed by atoms with Crippen molar-refractivity contribution in [2.24, 2.45) is 10.9 Å². The Morgan fingerprint density at radius 3 is 2.33 bits per heavy atom. The molecule has 2 fully saturated rings. The number of thiazole rings is 1. The lowest BCUT2D eigenvalue weighted by Crippen LogP contribution is -2.37. The molecule has 0 amide bonds. The van der Waals surface area contributed by atoms with Crippen molar-refractivity contribution in [3.63, 3.8) is 0 Å². The molecule has 0 spiro atoms. The van der Waals surface area contributed by atoms with Crippen LogP contribution in [0.5, 0.6) is 0 Å². The number of aromatic nitrogens is 3. The van der Waals surface area contributed by atoms with E-state index in [4.69, 9.17) is 26.1 Å². The van der Waals surface area contributed by atoms with Gasteiger partial charge < -0.3 is 14.8 Å². The minimum atomic E-state index is -1.21. The monoisotopic (exact) mass is 627 g/mol. The molecule has 0 radical (unpaired) electrons. The zero-order valence-electron chi connectivity index (χ0n) is 23.4. The van der Waals surface area contributed by atoms with Crippen LogP contribution in [0.3, 0.4) is 0 Å². The molecule has 6 rings (SSSR count). The van der Waals surface area contributed by atoms with Crippen molar-refractivity contribution in [3.05, 3.63) is 86.0 Å². The molecule has 0 saturated heterocycles. The molecule has 2 saturated carbocycles. The number of allylic oxidation sites excluding steroid dienone is 1. The van der Waals surface area contributed by atoms with Crippen LogP contribution in [0.15, 0.2) is 52.4 Å². The highest BCUT2D eigenvalue weighted by Crippen LogP contribution is 2.49. The van der Waals surface area contributed by atoms with E-state index in [-0.39, 0.29) is 28.9 Å². The number of halogens is 3. The molecule has 1 atom stereocenters. The first kappa shape index (κ1) is 29.3. The van der Waals surface area contributed by atoms with Crippen molar-refractivity contribution < 1.29 is 27.8 Å². The number of carbonyl (C=O) groups is 2. The largest absolute Gasteiger partial charge is 0.468 e. The Bertz CT molecular complexity index is 1620. The van der Waals surface area contributed by atoms with Crippen LogP contribution in [0.25, 0.3) is 0 Å². The van der Waals surface area contributed by atoms with Crippen LogP contribution >= 0.6 is 22.9 Å². The second-order valence-electron chi connectivity index (χ2n) is 10.9. The highest BCUT2D eigenvalue weighted by molar-refractivity contribution is 7.11. The van der Waals surface area contributed by atoms with E-state index in [1.165, 1.54) is 31.6 Å². The average Bonchev–Trinajstić information content (AvgIpc) is 3.67. The van der Waals surface area contributed by atoms with E-state index in [2.05, 4.69) is 20.3 Å². The topological polar surface area (TPSA) is 116 Å². The van der Waals surface area contributed by atoms with Gasteiger partial charge in [0, 0.05) is 46.7 Å². The Hall–Kier alpha value is -3.77. The summed E-state index contributed by atoms with van der Waals surface area (Å²) in [6.07, 6.45) is 9.40. The lowest BCUT2D eigenvalue weighted by atomic mass is 9.77. The van der Waals surface area contributed by atoms with E-state index >= 15 is 0 Å². The van der Waals surface area contributed by atoms with Gasteiger partial charge in [-0.2, -0.15) is 0 Å². The van der Waals surface area contributed by atoms with Gasteiger partial charge in [-0.1, -0.05) is 17.7 Å². The van der Waals surface area contributed by atoms with Crippen LogP contribution in [0, 0.1) is 17.6 Å². The number of hydrogen-bond acceptors (Lipinski definition) is 10. The van der Waals surface area contributed by atoms with Gasteiger partial charge in [-0.15, -0.1) is 11.3 Å². The maximum Gasteiger partial charge on any atom is 0.338 e. The molecule has 224 valence electrons. The SMILES string of the molecule is COC(=O)C1=C(C2CCC(c3ncc(C4(C(=O)OC)CC4)cn3)CC2)NC(c2nccs2)=NC1c1ccc(F)c(F)c1Cl. The number of benzene rings is 1. The first-order valence-electron chi connectivity index (χ1n) is 13.9. The minimum absolute atomic E-state index is 0.0906. The third-order valence-electron chi connectivity index (χ3n) is 8.53. The molecule has 3 heterocycles. The molecule has 3 aromatic rings. The number of carbonyl (C=O) groups excluding carboxylic acids is 2. The van der Waals surface area contributed by atoms with Gasteiger partial charge in [0.05, 0.1) is 30.2 Å². The van der Waals surface area contributed by atoms with Crippen molar-refractivity contribution in [2.45, 2.75) is 55.9 Å². The zero-order valence-corrected chi connectivity index (χ0v) is 25.0. The fraction of sp³-hybridized carbons (Fsp3) is 0.400. The number of rotatable bonds is 7. The van der Waals surface area contributed by atoms with E-state index in [0.717, 1.165) is 37.3 Å². The number of nitrogens with one attached hydrogen (secondary N) is 1. The molecule has 43 heavy (non-hydrogen) atoms. The smallest absolute Gasteiger partial charge is 0.338 e. The summed E-state index contributed by atoms with van der Waals surface area (Å²) in [6.45, 7) is 0. The lowest BCUT2D eigenvalue weighted by Gasteiger charge is -2.34. The maximum atomic E-state index is 14.6. The van der Waals surface area contributed by atoms with Gasteiger partial charge >= 0.3 is 11.9 Å². The van der Waals surface area contributed by atoms with Crippen molar-refractivity contribution in [1.82, 2.24) is 20.3 Å². The van der Waals surface area contributed by atoms with Crippen LogP contribution in [0.4, 0.5) is 8.78 Å². The summed E-state index contributed by atoms with van der Waals surface area (Å²) >= 11 is 7.63. The molecule has 2 aromatic heterocycles. The normalized spacial score (nSPS) is 22.8. The third kappa shape index (κ3) is 5.31. The molecule has 1 unspecified atom stereocenters. The zero-order chi connectivity index (χ0) is 30.3. The molecule has 0 bridgehead atoms. The lowest BCUT2D eigenvalue weighted by molar-refractivity contribution is -0.143. The first-order chi connectivity index (χ1) is 20.8. The van der Waals surface area contributed by atoms with Gasteiger partial charge in [0.15, 0.2) is 22.5 Å².